The van der Waals surface area contributed by atoms with Crippen LogP contribution in [0.15, 0.2) is 54.6 Å². The minimum Gasteiger partial charge on any atom is -0.396 e. The predicted molar refractivity (Wildman–Crippen MR) is 86.4 cm³/mol. The Hall–Kier alpha value is -2.13. The molecule has 3 nitrogen and oxygen atoms in total. The van der Waals surface area contributed by atoms with Gasteiger partial charge < -0.3 is 10.4 Å². The minimum absolute atomic E-state index is 0.0454. The van der Waals surface area contributed by atoms with E-state index in [1.165, 1.54) is 11.1 Å². The fourth-order valence-electron chi connectivity index (χ4n) is 3.19. The van der Waals surface area contributed by atoms with Crippen LogP contribution in [0.4, 0.5) is 0 Å². The molecule has 2 N–H and O–H groups in total. The summed E-state index contributed by atoms with van der Waals surface area (Å²) in [7, 11) is 0. The molecule has 1 amide bonds. The summed E-state index contributed by atoms with van der Waals surface area (Å²) in [6, 6.07) is 18.1. The molecule has 0 bridgehead atoms. The Morgan fingerprint density at radius 3 is 2.59 bits per heavy atom. The van der Waals surface area contributed by atoms with Crippen molar-refractivity contribution in [1.29, 1.82) is 0 Å². The molecule has 3 heteroatoms. The highest BCUT2D eigenvalue weighted by Crippen LogP contribution is 2.35. The van der Waals surface area contributed by atoms with Crippen LogP contribution in [-0.4, -0.2) is 17.6 Å². The van der Waals surface area contributed by atoms with Gasteiger partial charge in [-0.05, 0) is 29.5 Å². The third kappa shape index (κ3) is 3.20. The second-order valence-electron chi connectivity index (χ2n) is 5.88. The van der Waals surface area contributed by atoms with Gasteiger partial charge in [-0.3, -0.25) is 4.79 Å². The lowest BCUT2D eigenvalue weighted by atomic mass is 10.0. The molecule has 2 aromatic rings. The monoisotopic (exact) mass is 295 g/mol. The standard InChI is InChI=1S/C19H21NO2/c21-13-16-12-15-8-4-5-9-17(15)19(16)20-18(22)11-10-14-6-2-1-3-7-14/h1-9,16,19,21H,10-13H2,(H,20,22)/t16-,19+/m0/s1. The molecule has 0 fully saturated rings. The lowest BCUT2D eigenvalue weighted by Crippen LogP contribution is -2.32. The van der Waals surface area contributed by atoms with Gasteiger partial charge in [-0.15, -0.1) is 0 Å². The Kier molecular flexibility index (Phi) is 4.54. The largest absolute Gasteiger partial charge is 0.396 e. The molecule has 0 heterocycles. The number of aryl methyl sites for hydroxylation is 1. The second kappa shape index (κ2) is 6.75. The maximum Gasteiger partial charge on any atom is 0.220 e. The van der Waals surface area contributed by atoms with Crippen molar-refractivity contribution in [1.82, 2.24) is 5.32 Å². The molecule has 1 aliphatic carbocycles. The third-order valence-electron chi connectivity index (χ3n) is 4.38. The topological polar surface area (TPSA) is 49.3 Å². The minimum atomic E-state index is -0.0653. The summed E-state index contributed by atoms with van der Waals surface area (Å²) >= 11 is 0. The number of carbonyl (C=O) groups excluding carboxylic acids is 1. The predicted octanol–water partition coefficient (Wildman–Crippen LogP) is 2.64. The summed E-state index contributed by atoms with van der Waals surface area (Å²) in [4.78, 5) is 12.3. The summed E-state index contributed by atoms with van der Waals surface area (Å²) in [6.07, 6.45) is 2.04. The van der Waals surface area contributed by atoms with Crippen LogP contribution in [-0.2, 0) is 17.6 Å². The molecule has 1 aliphatic rings. The third-order valence-corrected chi connectivity index (χ3v) is 4.38. The van der Waals surface area contributed by atoms with Crippen molar-refractivity contribution in [3.63, 3.8) is 0 Å². The van der Waals surface area contributed by atoms with Gasteiger partial charge in [0, 0.05) is 18.9 Å². The zero-order valence-electron chi connectivity index (χ0n) is 12.5. The fraction of sp³-hybridized carbons (Fsp3) is 0.316. The highest BCUT2D eigenvalue weighted by atomic mass is 16.3. The average molecular weight is 295 g/mol. The Balaban J connectivity index is 1.63. The number of benzene rings is 2. The zero-order valence-corrected chi connectivity index (χ0v) is 12.5. The summed E-state index contributed by atoms with van der Waals surface area (Å²) in [6.45, 7) is 0.0955. The van der Waals surface area contributed by atoms with Crippen molar-refractivity contribution in [2.24, 2.45) is 5.92 Å². The van der Waals surface area contributed by atoms with E-state index >= 15 is 0 Å². The van der Waals surface area contributed by atoms with Gasteiger partial charge >= 0.3 is 0 Å². The fourth-order valence-corrected chi connectivity index (χ4v) is 3.19. The summed E-state index contributed by atoms with van der Waals surface area (Å²) in [5.74, 6) is 0.127. The van der Waals surface area contributed by atoms with Gasteiger partial charge in [0.15, 0.2) is 0 Å². The molecule has 0 aromatic heterocycles. The van der Waals surface area contributed by atoms with Gasteiger partial charge in [0.1, 0.15) is 0 Å². The molecule has 22 heavy (non-hydrogen) atoms. The molecule has 0 radical (unpaired) electrons. The molecular formula is C19H21NO2. The smallest absolute Gasteiger partial charge is 0.220 e. The van der Waals surface area contributed by atoms with Gasteiger partial charge in [0.05, 0.1) is 6.04 Å². The van der Waals surface area contributed by atoms with E-state index in [1.54, 1.807) is 0 Å². The van der Waals surface area contributed by atoms with Crippen LogP contribution >= 0.6 is 0 Å². The second-order valence-corrected chi connectivity index (χ2v) is 5.88. The van der Waals surface area contributed by atoms with E-state index in [0.29, 0.717) is 6.42 Å². The molecule has 0 saturated heterocycles. The Labute approximate surface area is 131 Å². The van der Waals surface area contributed by atoms with Crippen LogP contribution in [0.2, 0.25) is 0 Å². The van der Waals surface area contributed by atoms with Crippen molar-refractivity contribution in [3.05, 3.63) is 71.3 Å². The number of fused-ring (bicyclic) bond motifs is 1. The van der Waals surface area contributed by atoms with Crippen molar-refractivity contribution >= 4 is 5.91 Å². The molecule has 0 spiro atoms. The van der Waals surface area contributed by atoms with Crippen LogP contribution in [0.25, 0.3) is 0 Å². The summed E-state index contributed by atoms with van der Waals surface area (Å²) in [5, 5.41) is 12.7. The van der Waals surface area contributed by atoms with Crippen molar-refractivity contribution < 1.29 is 9.90 Å². The number of hydrogen-bond donors (Lipinski definition) is 2. The van der Waals surface area contributed by atoms with Gasteiger partial charge in [-0.2, -0.15) is 0 Å². The van der Waals surface area contributed by atoms with E-state index in [4.69, 9.17) is 0 Å². The van der Waals surface area contributed by atoms with Gasteiger partial charge in [-0.25, -0.2) is 0 Å². The number of hydrogen-bond acceptors (Lipinski definition) is 2. The van der Waals surface area contributed by atoms with Gasteiger partial charge in [-0.1, -0.05) is 54.6 Å². The van der Waals surface area contributed by atoms with E-state index in [2.05, 4.69) is 11.4 Å². The number of rotatable bonds is 5. The molecule has 3 rings (SSSR count). The quantitative estimate of drug-likeness (QED) is 0.891. The molecule has 2 aromatic carbocycles. The first kappa shape index (κ1) is 14.8. The molecule has 0 aliphatic heterocycles. The number of nitrogens with one attached hydrogen (secondary N) is 1. The molecule has 2 atom stereocenters. The van der Waals surface area contributed by atoms with Crippen LogP contribution in [0.5, 0.6) is 0 Å². The first-order chi connectivity index (χ1) is 10.8. The Morgan fingerprint density at radius 1 is 1.09 bits per heavy atom. The lowest BCUT2D eigenvalue weighted by molar-refractivity contribution is -0.122. The number of amides is 1. The van der Waals surface area contributed by atoms with Crippen molar-refractivity contribution in [2.45, 2.75) is 25.3 Å². The van der Waals surface area contributed by atoms with Gasteiger partial charge in [0.2, 0.25) is 5.91 Å². The number of aliphatic hydroxyl groups excluding tert-OH is 1. The van der Waals surface area contributed by atoms with E-state index in [1.807, 2.05) is 48.5 Å². The van der Waals surface area contributed by atoms with Crippen molar-refractivity contribution in [2.75, 3.05) is 6.61 Å². The van der Waals surface area contributed by atoms with Crippen molar-refractivity contribution in [3.8, 4) is 0 Å². The lowest BCUT2D eigenvalue weighted by Gasteiger charge is -2.20. The van der Waals surface area contributed by atoms with Gasteiger partial charge in [0.25, 0.3) is 0 Å². The van der Waals surface area contributed by atoms with Crippen LogP contribution in [0.1, 0.15) is 29.2 Å². The average Bonchev–Trinajstić information content (AvgIpc) is 2.92. The van der Waals surface area contributed by atoms with E-state index in [9.17, 15) is 9.90 Å². The highest BCUT2D eigenvalue weighted by Gasteiger charge is 2.32. The Bertz CT molecular complexity index is 639. The maximum absolute atomic E-state index is 12.3. The van der Waals surface area contributed by atoms with Crippen LogP contribution in [0.3, 0.4) is 0 Å². The van der Waals surface area contributed by atoms with Crippen LogP contribution < -0.4 is 5.32 Å². The van der Waals surface area contributed by atoms with Crippen LogP contribution in [0, 0.1) is 5.92 Å². The molecular weight excluding hydrogens is 274 g/mol. The number of carbonyl (C=O) groups is 1. The molecule has 114 valence electrons. The van der Waals surface area contributed by atoms with E-state index < -0.39 is 0 Å². The summed E-state index contributed by atoms with van der Waals surface area (Å²) in [5.41, 5.74) is 3.55. The Morgan fingerprint density at radius 2 is 1.82 bits per heavy atom. The zero-order chi connectivity index (χ0) is 15.4. The highest BCUT2D eigenvalue weighted by molar-refractivity contribution is 5.77. The van der Waals surface area contributed by atoms with E-state index in [0.717, 1.165) is 18.4 Å². The maximum atomic E-state index is 12.3. The first-order valence-electron chi connectivity index (χ1n) is 7.80. The first-order valence-corrected chi connectivity index (χ1v) is 7.80. The van der Waals surface area contributed by atoms with E-state index in [-0.39, 0.29) is 24.5 Å². The molecule has 0 unspecified atom stereocenters. The summed E-state index contributed by atoms with van der Waals surface area (Å²) < 4.78 is 0. The normalized spacial score (nSPS) is 19.7. The number of aliphatic hydroxyl groups is 1. The SMILES string of the molecule is O=C(CCc1ccccc1)N[C@H]1c2ccccc2C[C@H]1CO. The molecule has 0 saturated carbocycles.